The molecule has 1 aliphatic carbocycles. The Hall–Kier alpha value is -3.86. The number of ether oxygens (including phenoxy) is 4. The quantitative estimate of drug-likeness (QED) is 0.233. The van der Waals surface area contributed by atoms with E-state index in [9.17, 15) is 9.18 Å². The van der Waals surface area contributed by atoms with Crippen molar-refractivity contribution in [3.8, 4) is 11.5 Å². The van der Waals surface area contributed by atoms with Gasteiger partial charge in [-0.3, -0.25) is 4.90 Å². The van der Waals surface area contributed by atoms with Crippen molar-refractivity contribution in [1.82, 2.24) is 14.5 Å². The van der Waals surface area contributed by atoms with Crippen LogP contribution in [0.4, 0.5) is 10.1 Å². The second-order valence-corrected chi connectivity index (χ2v) is 12.8. The van der Waals surface area contributed by atoms with Gasteiger partial charge in [0.2, 0.25) is 0 Å². The molecule has 9 nitrogen and oxygen atoms in total. The Morgan fingerprint density at radius 1 is 1.09 bits per heavy atom. The molecule has 0 spiro atoms. The maximum absolute atomic E-state index is 14.9. The largest absolute Gasteiger partial charge is 0.465 e. The molecule has 45 heavy (non-hydrogen) atoms. The predicted molar refractivity (Wildman–Crippen MR) is 166 cm³/mol. The zero-order chi connectivity index (χ0) is 30.9. The van der Waals surface area contributed by atoms with Gasteiger partial charge in [-0.2, -0.15) is 0 Å². The van der Waals surface area contributed by atoms with Crippen molar-refractivity contribution in [3.05, 3.63) is 82.4 Å². The highest BCUT2D eigenvalue weighted by molar-refractivity contribution is 6.30. The highest BCUT2D eigenvalue weighted by Gasteiger charge is 2.47. The fourth-order valence-corrected chi connectivity index (χ4v) is 7.34. The van der Waals surface area contributed by atoms with E-state index in [-0.39, 0.29) is 12.1 Å². The van der Waals surface area contributed by atoms with Crippen molar-refractivity contribution >= 4 is 34.3 Å². The number of carbonyl (C=O) groups excluding carboxylic acids is 1. The first-order valence-corrected chi connectivity index (χ1v) is 15.9. The van der Waals surface area contributed by atoms with Gasteiger partial charge in [-0.05, 0) is 67.8 Å². The predicted octanol–water partition coefficient (Wildman–Crippen LogP) is 5.90. The maximum atomic E-state index is 14.9. The smallest absolute Gasteiger partial charge is 0.337 e. The number of benzene rings is 3. The lowest BCUT2D eigenvalue weighted by molar-refractivity contribution is -0.0706. The Kier molecular flexibility index (Phi) is 6.92. The molecule has 0 unspecified atom stereocenters. The molecule has 234 valence electrons. The molecule has 3 aromatic carbocycles. The van der Waals surface area contributed by atoms with Crippen LogP contribution in [0.1, 0.15) is 47.9 Å². The fraction of sp³-hybridized carbons (Fsp3) is 0.412. The number of anilines is 1. The molecule has 3 aliphatic heterocycles. The van der Waals surface area contributed by atoms with E-state index in [0.717, 1.165) is 61.5 Å². The van der Waals surface area contributed by atoms with Crippen LogP contribution in [-0.2, 0) is 28.4 Å². The number of nitrogens with zero attached hydrogens (tertiary/aromatic N) is 4. The zero-order valence-corrected chi connectivity index (χ0v) is 25.9. The molecule has 1 saturated carbocycles. The van der Waals surface area contributed by atoms with Crippen molar-refractivity contribution in [3.63, 3.8) is 0 Å². The Bertz CT molecular complexity index is 1810. The number of esters is 1. The van der Waals surface area contributed by atoms with Gasteiger partial charge in [0.05, 0.1) is 54.2 Å². The lowest BCUT2D eigenvalue weighted by Crippen LogP contribution is -2.64. The molecule has 4 atom stereocenters. The maximum Gasteiger partial charge on any atom is 0.337 e. The third-order valence-corrected chi connectivity index (χ3v) is 10.00. The van der Waals surface area contributed by atoms with E-state index in [2.05, 4.69) is 20.4 Å². The van der Waals surface area contributed by atoms with Gasteiger partial charge in [0.1, 0.15) is 11.6 Å². The number of aromatic nitrogens is 2. The second-order valence-electron chi connectivity index (χ2n) is 12.4. The number of piperazine rings is 1. The molecule has 1 aromatic heterocycles. The molecule has 8 rings (SSSR count). The summed E-state index contributed by atoms with van der Waals surface area (Å²) in [6.07, 6.45) is 3.30. The molecule has 0 radical (unpaired) electrons. The van der Waals surface area contributed by atoms with E-state index in [4.69, 9.17) is 35.5 Å². The van der Waals surface area contributed by atoms with Crippen molar-refractivity contribution in [1.29, 1.82) is 0 Å². The number of methoxy groups -OCH3 is 1. The summed E-state index contributed by atoms with van der Waals surface area (Å²) in [5, 5.41) is 0.322. The van der Waals surface area contributed by atoms with Crippen LogP contribution >= 0.6 is 11.6 Å². The number of hydrogen-bond donors (Lipinski definition) is 0. The summed E-state index contributed by atoms with van der Waals surface area (Å²) >= 11 is 6.01. The van der Waals surface area contributed by atoms with Gasteiger partial charge in [-0.1, -0.05) is 17.7 Å². The average Bonchev–Trinajstić information content (AvgIpc) is 3.51. The molecule has 2 saturated heterocycles. The molecule has 3 fully saturated rings. The molecule has 4 aromatic rings. The summed E-state index contributed by atoms with van der Waals surface area (Å²) < 4.78 is 40.6. The molecule has 0 bridgehead atoms. The molecule has 0 N–H and O–H groups in total. The van der Waals surface area contributed by atoms with Crippen molar-refractivity contribution in [2.24, 2.45) is 0 Å². The molecular formula is C34H34ClFN4O5. The zero-order valence-electron chi connectivity index (χ0n) is 25.2. The van der Waals surface area contributed by atoms with Crippen LogP contribution < -0.4 is 14.4 Å². The highest BCUT2D eigenvalue weighted by atomic mass is 35.5. The normalized spacial score (nSPS) is 25.5. The molecule has 11 heteroatoms. The van der Waals surface area contributed by atoms with Gasteiger partial charge in [0, 0.05) is 43.7 Å². The van der Waals surface area contributed by atoms with Gasteiger partial charge in [0.15, 0.2) is 11.5 Å². The van der Waals surface area contributed by atoms with Gasteiger partial charge >= 0.3 is 5.97 Å². The van der Waals surface area contributed by atoms with E-state index >= 15 is 0 Å². The van der Waals surface area contributed by atoms with Gasteiger partial charge < -0.3 is 28.4 Å². The minimum atomic E-state index is -1.30. The van der Waals surface area contributed by atoms with Gasteiger partial charge in [-0.25, -0.2) is 14.2 Å². The SMILES string of the molecule is COC(=O)c1ccc2nc(CN3CCN(c4cccc5c4O[C@@](C)(c4ccc(Cl)cc4F)O5)[C@H]4CC[C@@H]43)n(C[C@@H]3CCO3)c2c1. The van der Waals surface area contributed by atoms with Crippen LogP contribution in [0.3, 0.4) is 0 Å². The van der Waals surface area contributed by atoms with Crippen LogP contribution in [0.2, 0.25) is 5.02 Å². The van der Waals surface area contributed by atoms with Crippen LogP contribution in [0, 0.1) is 5.82 Å². The summed E-state index contributed by atoms with van der Waals surface area (Å²) in [4.78, 5) is 22.3. The van der Waals surface area contributed by atoms with E-state index in [1.165, 1.54) is 13.2 Å². The topological polar surface area (TPSA) is 78.3 Å². The third kappa shape index (κ3) is 4.81. The van der Waals surface area contributed by atoms with E-state index in [0.29, 0.717) is 52.8 Å². The summed E-state index contributed by atoms with van der Waals surface area (Å²) in [5.41, 5.74) is 3.55. The van der Waals surface area contributed by atoms with Gasteiger partial charge in [-0.15, -0.1) is 0 Å². The van der Waals surface area contributed by atoms with Crippen LogP contribution in [0.5, 0.6) is 11.5 Å². The fourth-order valence-electron chi connectivity index (χ4n) is 7.18. The van der Waals surface area contributed by atoms with Crippen LogP contribution in [-0.4, -0.2) is 65.4 Å². The van der Waals surface area contributed by atoms with E-state index in [1.54, 1.807) is 25.1 Å². The minimum absolute atomic E-state index is 0.144. The molecule has 0 amide bonds. The number of halogens is 2. The minimum Gasteiger partial charge on any atom is -0.465 e. The number of carbonyl (C=O) groups is 1. The first-order chi connectivity index (χ1) is 21.8. The van der Waals surface area contributed by atoms with E-state index < -0.39 is 11.6 Å². The second kappa shape index (κ2) is 10.9. The number of fused-ring (bicyclic) bond motifs is 3. The number of rotatable bonds is 7. The van der Waals surface area contributed by atoms with E-state index in [1.807, 2.05) is 24.3 Å². The third-order valence-electron chi connectivity index (χ3n) is 9.76. The van der Waals surface area contributed by atoms with Crippen LogP contribution in [0.25, 0.3) is 11.0 Å². The number of hydrogen-bond acceptors (Lipinski definition) is 8. The first-order valence-electron chi connectivity index (χ1n) is 15.5. The summed E-state index contributed by atoms with van der Waals surface area (Å²) in [5.74, 6) is 0.0754. The molecule has 4 aliphatic rings. The Morgan fingerprint density at radius 3 is 2.67 bits per heavy atom. The highest BCUT2D eigenvalue weighted by Crippen LogP contribution is 2.51. The Balaban J connectivity index is 1.05. The van der Waals surface area contributed by atoms with Crippen molar-refractivity contribution in [2.45, 2.75) is 63.3 Å². The lowest BCUT2D eigenvalue weighted by Gasteiger charge is -2.54. The van der Waals surface area contributed by atoms with Crippen molar-refractivity contribution in [2.75, 3.05) is 31.7 Å². The van der Waals surface area contributed by atoms with Gasteiger partial charge in [0.25, 0.3) is 5.79 Å². The standard InChI is InChI=1S/C34H34ClFN4O5/c1-34(23-8-7-21(35)17-24(23)36)44-30-5-3-4-28(32(30)45-34)39-14-13-38(26-10-11-27(26)39)19-31-37-25-9-6-20(33(41)42-2)16-29(25)40(31)18-22-12-15-43-22/h3-9,16-17,22,26-27H,10-15,18-19H2,1-2H3/t22-,26-,27-,34-/m0/s1. The summed E-state index contributed by atoms with van der Waals surface area (Å²) in [7, 11) is 1.40. The Morgan fingerprint density at radius 2 is 1.93 bits per heavy atom. The van der Waals surface area contributed by atoms with Crippen LogP contribution in [0.15, 0.2) is 54.6 Å². The van der Waals surface area contributed by atoms with Crippen molar-refractivity contribution < 1.29 is 28.1 Å². The number of para-hydroxylation sites is 1. The average molecular weight is 633 g/mol. The molecular weight excluding hydrogens is 599 g/mol. The monoisotopic (exact) mass is 632 g/mol. The Labute approximate surface area is 265 Å². The molecule has 4 heterocycles. The summed E-state index contributed by atoms with van der Waals surface area (Å²) in [6, 6.07) is 16.6. The summed E-state index contributed by atoms with van der Waals surface area (Å²) in [6.45, 7) is 5.55. The lowest BCUT2D eigenvalue weighted by atomic mass is 9.81. The number of imidazole rings is 1. The first kappa shape index (κ1) is 28.6.